The summed E-state index contributed by atoms with van der Waals surface area (Å²) < 4.78 is 31.5. The number of aromatic nitrogens is 2. The Balaban J connectivity index is 1.71. The third-order valence-electron chi connectivity index (χ3n) is 3.66. The lowest BCUT2D eigenvalue weighted by Gasteiger charge is -2.16. The number of nitrogens with zero attached hydrogens (tertiary/aromatic N) is 2. The van der Waals surface area contributed by atoms with E-state index < -0.39 is 11.6 Å². The largest absolute Gasteiger partial charge is 0.339 e. The Kier molecular flexibility index (Phi) is 3.77. The molecule has 1 saturated carbocycles. The number of carbonyl (C=O) groups excluding carboxylic acids is 1. The van der Waals surface area contributed by atoms with Gasteiger partial charge in [0.25, 0.3) is 0 Å². The third kappa shape index (κ3) is 3.32. The average Bonchev–Trinajstić information content (AvgIpc) is 2.87. The van der Waals surface area contributed by atoms with Gasteiger partial charge in [-0.05, 0) is 30.5 Å². The summed E-state index contributed by atoms with van der Waals surface area (Å²) in [5.74, 6) is 0.0229. The van der Waals surface area contributed by atoms with Gasteiger partial charge >= 0.3 is 0 Å². The first-order valence-electron chi connectivity index (χ1n) is 6.89. The molecule has 1 aromatic carbocycles. The summed E-state index contributed by atoms with van der Waals surface area (Å²) in [5, 5.41) is 3.85. The summed E-state index contributed by atoms with van der Waals surface area (Å²) in [4.78, 5) is 15.5. The van der Waals surface area contributed by atoms with E-state index in [-0.39, 0.29) is 18.1 Å². The van der Waals surface area contributed by atoms with E-state index in [2.05, 4.69) is 10.1 Å². The zero-order chi connectivity index (χ0) is 14.8. The third-order valence-corrected chi connectivity index (χ3v) is 3.66. The van der Waals surface area contributed by atoms with Gasteiger partial charge in [-0.3, -0.25) is 4.79 Å². The first-order valence-corrected chi connectivity index (χ1v) is 6.89. The maximum Gasteiger partial charge on any atom is 0.229 e. The Bertz CT molecular complexity index is 639. The van der Waals surface area contributed by atoms with E-state index in [1.54, 1.807) is 0 Å². The highest BCUT2D eigenvalue weighted by Crippen LogP contribution is 2.30. The number of benzene rings is 1. The van der Waals surface area contributed by atoms with Crippen molar-refractivity contribution in [2.45, 2.75) is 38.0 Å². The van der Waals surface area contributed by atoms with E-state index in [0.717, 1.165) is 18.9 Å². The van der Waals surface area contributed by atoms with Crippen LogP contribution < -0.4 is 0 Å². The SMILES string of the molecule is O=C1CCC(c2nc(Cc3cc(F)cc(F)c3)no2)CC1. The van der Waals surface area contributed by atoms with Crippen molar-refractivity contribution >= 4 is 5.78 Å². The zero-order valence-corrected chi connectivity index (χ0v) is 11.3. The molecule has 1 aromatic heterocycles. The molecule has 0 bridgehead atoms. The second-order valence-electron chi connectivity index (χ2n) is 5.32. The number of halogens is 2. The van der Waals surface area contributed by atoms with Gasteiger partial charge in [0.05, 0.1) is 0 Å². The van der Waals surface area contributed by atoms with Crippen LogP contribution in [-0.2, 0) is 11.2 Å². The molecule has 0 unspecified atom stereocenters. The van der Waals surface area contributed by atoms with Crippen molar-refractivity contribution in [1.29, 1.82) is 0 Å². The predicted molar refractivity (Wildman–Crippen MR) is 69.7 cm³/mol. The van der Waals surface area contributed by atoms with Gasteiger partial charge in [0.1, 0.15) is 17.4 Å². The van der Waals surface area contributed by atoms with Gasteiger partial charge in [-0.1, -0.05) is 5.16 Å². The topological polar surface area (TPSA) is 56.0 Å². The zero-order valence-electron chi connectivity index (χ0n) is 11.3. The van der Waals surface area contributed by atoms with Gasteiger partial charge < -0.3 is 4.52 Å². The second kappa shape index (κ2) is 5.71. The van der Waals surface area contributed by atoms with Crippen LogP contribution in [0.15, 0.2) is 22.7 Å². The highest BCUT2D eigenvalue weighted by atomic mass is 19.1. The number of hydrogen-bond donors (Lipinski definition) is 0. The Morgan fingerprint density at radius 3 is 2.48 bits per heavy atom. The molecule has 110 valence electrons. The monoisotopic (exact) mass is 292 g/mol. The molecule has 6 heteroatoms. The summed E-state index contributed by atoms with van der Waals surface area (Å²) in [6, 6.07) is 3.32. The van der Waals surface area contributed by atoms with Gasteiger partial charge in [0, 0.05) is 31.2 Å². The quantitative estimate of drug-likeness (QED) is 0.872. The van der Waals surface area contributed by atoms with Crippen LogP contribution in [0.2, 0.25) is 0 Å². The van der Waals surface area contributed by atoms with Crippen molar-refractivity contribution < 1.29 is 18.1 Å². The number of hydrogen-bond acceptors (Lipinski definition) is 4. The van der Waals surface area contributed by atoms with Gasteiger partial charge in [-0.15, -0.1) is 0 Å². The summed E-state index contributed by atoms with van der Waals surface area (Å²) in [7, 11) is 0. The van der Waals surface area contributed by atoms with Gasteiger partial charge in [0.2, 0.25) is 5.89 Å². The lowest BCUT2D eigenvalue weighted by molar-refractivity contribution is -0.120. The van der Waals surface area contributed by atoms with Gasteiger partial charge in [-0.25, -0.2) is 8.78 Å². The second-order valence-corrected chi connectivity index (χ2v) is 5.32. The van der Waals surface area contributed by atoms with Gasteiger partial charge in [-0.2, -0.15) is 4.98 Å². The Hall–Kier alpha value is -2.11. The molecule has 0 saturated heterocycles. The molecule has 21 heavy (non-hydrogen) atoms. The fourth-order valence-electron chi connectivity index (χ4n) is 2.59. The molecule has 0 spiro atoms. The van der Waals surface area contributed by atoms with Crippen LogP contribution in [0.3, 0.4) is 0 Å². The Morgan fingerprint density at radius 1 is 1.14 bits per heavy atom. The van der Waals surface area contributed by atoms with Crippen LogP contribution in [0.5, 0.6) is 0 Å². The Labute approximate surface area is 120 Å². The molecule has 0 N–H and O–H groups in total. The lowest BCUT2D eigenvalue weighted by atomic mass is 9.88. The molecule has 4 nitrogen and oxygen atoms in total. The minimum absolute atomic E-state index is 0.105. The van der Waals surface area contributed by atoms with Crippen molar-refractivity contribution in [3.8, 4) is 0 Å². The average molecular weight is 292 g/mol. The maximum absolute atomic E-state index is 13.1. The summed E-state index contributed by atoms with van der Waals surface area (Å²) in [5.41, 5.74) is 0.457. The maximum atomic E-state index is 13.1. The van der Waals surface area contributed by atoms with Crippen molar-refractivity contribution in [2.24, 2.45) is 0 Å². The van der Waals surface area contributed by atoms with Crippen LogP contribution in [0.4, 0.5) is 8.78 Å². The normalized spacial score (nSPS) is 16.4. The van der Waals surface area contributed by atoms with Crippen LogP contribution in [0.1, 0.15) is 48.9 Å². The van der Waals surface area contributed by atoms with Crippen LogP contribution >= 0.6 is 0 Å². The molecule has 3 rings (SSSR count). The summed E-state index contributed by atoms with van der Waals surface area (Å²) >= 11 is 0. The molecule has 2 aromatic rings. The van der Waals surface area contributed by atoms with Crippen molar-refractivity contribution in [3.63, 3.8) is 0 Å². The highest BCUT2D eigenvalue weighted by Gasteiger charge is 2.25. The molecule has 1 heterocycles. The molecular weight excluding hydrogens is 278 g/mol. The summed E-state index contributed by atoms with van der Waals surface area (Å²) in [6.45, 7) is 0. The van der Waals surface area contributed by atoms with E-state index in [9.17, 15) is 13.6 Å². The molecule has 0 atom stereocenters. The molecule has 1 aliphatic carbocycles. The smallest absolute Gasteiger partial charge is 0.229 e. The van der Waals surface area contributed by atoms with Crippen LogP contribution in [0, 0.1) is 11.6 Å². The van der Waals surface area contributed by atoms with E-state index in [4.69, 9.17) is 4.52 Å². The number of carbonyl (C=O) groups is 1. The molecule has 1 aliphatic rings. The van der Waals surface area contributed by atoms with Gasteiger partial charge in [0.15, 0.2) is 5.82 Å². The molecule has 0 radical (unpaired) electrons. The molecular formula is C15H14F2N2O2. The summed E-state index contributed by atoms with van der Waals surface area (Å²) in [6.07, 6.45) is 2.73. The number of rotatable bonds is 3. The minimum Gasteiger partial charge on any atom is -0.339 e. The fraction of sp³-hybridized carbons (Fsp3) is 0.400. The van der Waals surface area contributed by atoms with Crippen molar-refractivity contribution in [2.75, 3.05) is 0 Å². The fourth-order valence-corrected chi connectivity index (χ4v) is 2.59. The molecule has 0 amide bonds. The molecule has 0 aliphatic heterocycles. The first kappa shape index (κ1) is 13.9. The van der Waals surface area contributed by atoms with Crippen LogP contribution in [0.25, 0.3) is 0 Å². The van der Waals surface area contributed by atoms with E-state index >= 15 is 0 Å². The van der Waals surface area contributed by atoms with E-state index in [1.165, 1.54) is 12.1 Å². The standard InChI is InChI=1S/C15H14F2N2O2/c16-11-5-9(6-12(17)8-11)7-14-18-15(21-19-14)10-1-3-13(20)4-2-10/h5-6,8,10H,1-4,7H2. The minimum atomic E-state index is -0.625. The van der Waals surface area contributed by atoms with E-state index in [0.29, 0.717) is 30.1 Å². The highest BCUT2D eigenvalue weighted by molar-refractivity contribution is 5.79. The lowest BCUT2D eigenvalue weighted by Crippen LogP contribution is -2.12. The Morgan fingerprint density at radius 2 is 1.81 bits per heavy atom. The van der Waals surface area contributed by atoms with E-state index in [1.807, 2.05) is 0 Å². The van der Waals surface area contributed by atoms with Crippen LogP contribution in [-0.4, -0.2) is 15.9 Å². The number of ketones is 1. The van der Waals surface area contributed by atoms with Crippen molar-refractivity contribution in [1.82, 2.24) is 10.1 Å². The predicted octanol–water partition coefficient (Wildman–Crippen LogP) is 3.17. The number of Topliss-reactive ketones (excluding diaryl/α,β-unsaturated/α-hetero) is 1. The first-order chi connectivity index (χ1) is 10.1. The van der Waals surface area contributed by atoms with Crippen molar-refractivity contribution in [3.05, 3.63) is 47.1 Å². The molecule has 1 fully saturated rings.